The highest BCUT2D eigenvalue weighted by atomic mass is 16.5. The van der Waals surface area contributed by atoms with Crippen LogP contribution in [0.3, 0.4) is 0 Å². The van der Waals surface area contributed by atoms with Crippen LogP contribution in [0.2, 0.25) is 0 Å². The quantitative estimate of drug-likeness (QED) is 0.858. The number of likely N-dealkylation sites (tertiary alicyclic amines) is 1. The molecule has 5 heteroatoms. The van der Waals surface area contributed by atoms with E-state index in [0.29, 0.717) is 12.2 Å². The molecule has 2 aliphatic heterocycles. The zero-order chi connectivity index (χ0) is 16.1. The maximum absolute atomic E-state index is 12.3. The fourth-order valence-electron chi connectivity index (χ4n) is 3.22. The number of anilines is 1. The zero-order valence-electron chi connectivity index (χ0n) is 13.5. The van der Waals surface area contributed by atoms with Crippen molar-refractivity contribution in [2.45, 2.75) is 38.5 Å². The Morgan fingerprint density at radius 1 is 1.04 bits per heavy atom. The molecule has 0 aromatic heterocycles. The lowest BCUT2D eigenvalue weighted by Gasteiger charge is -2.21. The van der Waals surface area contributed by atoms with Crippen molar-refractivity contribution >= 4 is 17.5 Å². The van der Waals surface area contributed by atoms with Crippen LogP contribution in [0.5, 0.6) is 5.75 Å². The molecule has 2 amide bonds. The smallest absolute Gasteiger partial charge is 0.260 e. The minimum absolute atomic E-state index is 0.0505. The van der Waals surface area contributed by atoms with E-state index in [4.69, 9.17) is 4.74 Å². The van der Waals surface area contributed by atoms with Crippen molar-refractivity contribution in [2.24, 2.45) is 0 Å². The number of amides is 2. The van der Waals surface area contributed by atoms with E-state index in [9.17, 15) is 9.59 Å². The summed E-state index contributed by atoms with van der Waals surface area (Å²) in [5.74, 6) is 0.850. The minimum Gasteiger partial charge on any atom is -0.484 e. The summed E-state index contributed by atoms with van der Waals surface area (Å²) in [6.07, 6.45) is 6.08. The molecule has 23 heavy (non-hydrogen) atoms. The van der Waals surface area contributed by atoms with Gasteiger partial charge in [-0.2, -0.15) is 0 Å². The fourth-order valence-corrected chi connectivity index (χ4v) is 3.22. The maximum Gasteiger partial charge on any atom is 0.260 e. The van der Waals surface area contributed by atoms with Crippen molar-refractivity contribution in [3.05, 3.63) is 24.3 Å². The third-order valence-electron chi connectivity index (χ3n) is 4.52. The van der Waals surface area contributed by atoms with E-state index in [1.165, 1.54) is 12.8 Å². The average molecular weight is 316 g/mol. The van der Waals surface area contributed by atoms with Crippen LogP contribution in [0.15, 0.2) is 24.3 Å². The first-order valence-corrected chi connectivity index (χ1v) is 8.55. The van der Waals surface area contributed by atoms with Crippen molar-refractivity contribution in [2.75, 3.05) is 31.1 Å². The van der Waals surface area contributed by atoms with Gasteiger partial charge >= 0.3 is 0 Å². The summed E-state index contributed by atoms with van der Waals surface area (Å²) in [5, 5.41) is 0. The standard InChI is InChI=1S/C18H24N2O3/c21-17-9-6-12-20(17)15-7-5-8-16(13-15)23-14-18(22)19-10-3-1-2-4-11-19/h5,7-8,13H,1-4,6,9-12,14H2. The number of rotatable bonds is 4. The van der Waals surface area contributed by atoms with Crippen LogP contribution in [0.1, 0.15) is 38.5 Å². The molecule has 124 valence electrons. The van der Waals surface area contributed by atoms with E-state index in [0.717, 1.165) is 44.6 Å². The molecule has 2 saturated heterocycles. The van der Waals surface area contributed by atoms with Crippen molar-refractivity contribution < 1.29 is 14.3 Å². The zero-order valence-corrected chi connectivity index (χ0v) is 13.5. The van der Waals surface area contributed by atoms with E-state index < -0.39 is 0 Å². The van der Waals surface area contributed by atoms with Gasteiger partial charge in [0.1, 0.15) is 5.75 Å². The molecule has 2 heterocycles. The van der Waals surface area contributed by atoms with Crippen molar-refractivity contribution in [3.8, 4) is 5.75 Å². The van der Waals surface area contributed by atoms with Gasteiger partial charge in [-0.3, -0.25) is 9.59 Å². The molecule has 0 unspecified atom stereocenters. The second kappa shape index (κ2) is 7.49. The summed E-state index contributed by atoms with van der Waals surface area (Å²) in [7, 11) is 0. The number of nitrogens with zero attached hydrogens (tertiary/aromatic N) is 2. The minimum atomic E-state index is 0.0505. The Hall–Kier alpha value is -2.04. The van der Waals surface area contributed by atoms with Gasteiger partial charge in [0.15, 0.2) is 6.61 Å². The van der Waals surface area contributed by atoms with Gasteiger partial charge in [0, 0.05) is 37.8 Å². The molecular weight excluding hydrogens is 292 g/mol. The van der Waals surface area contributed by atoms with E-state index in [1.54, 1.807) is 4.90 Å². The number of benzene rings is 1. The first kappa shape index (κ1) is 15.8. The summed E-state index contributed by atoms with van der Waals surface area (Å²) in [5.41, 5.74) is 0.854. The number of carbonyl (C=O) groups is 2. The van der Waals surface area contributed by atoms with E-state index >= 15 is 0 Å². The van der Waals surface area contributed by atoms with Gasteiger partial charge < -0.3 is 14.5 Å². The Balaban J connectivity index is 1.57. The molecule has 1 aromatic rings. The van der Waals surface area contributed by atoms with Gasteiger partial charge in [-0.25, -0.2) is 0 Å². The van der Waals surface area contributed by atoms with Crippen LogP contribution in [0.4, 0.5) is 5.69 Å². The number of carbonyl (C=O) groups excluding carboxylic acids is 2. The van der Waals surface area contributed by atoms with Gasteiger partial charge in [0.05, 0.1) is 0 Å². The molecule has 0 N–H and O–H groups in total. The Kier molecular flexibility index (Phi) is 5.16. The van der Waals surface area contributed by atoms with E-state index in [2.05, 4.69) is 0 Å². The second-order valence-corrected chi connectivity index (χ2v) is 6.23. The number of ether oxygens (including phenoxy) is 1. The predicted octanol–water partition coefficient (Wildman–Crippen LogP) is 2.59. The molecule has 0 saturated carbocycles. The third kappa shape index (κ3) is 4.03. The average Bonchev–Trinajstić information content (AvgIpc) is 2.83. The van der Waals surface area contributed by atoms with Crippen LogP contribution in [-0.2, 0) is 9.59 Å². The Morgan fingerprint density at radius 2 is 1.83 bits per heavy atom. The van der Waals surface area contributed by atoms with Gasteiger partial charge in [0.2, 0.25) is 5.91 Å². The first-order chi connectivity index (χ1) is 11.2. The molecule has 0 bridgehead atoms. The summed E-state index contributed by atoms with van der Waals surface area (Å²) < 4.78 is 5.67. The molecule has 0 aliphatic carbocycles. The van der Waals surface area contributed by atoms with Gasteiger partial charge in [0.25, 0.3) is 5.91 Å². The monoisotopic (exact) mass is 316 g/mol. The van der Waals surface area contributed by atoms with Crippen LogP contribution in [0.25, 0.3) is 0 Å². The topological polar surface area (TPSA) is 49.9 Å². The molecule has 0 spiro atoms. The first-order valence-electron chi connectivity index (χ1n) is 8.55. The summed E-state index contributed by atoms with van der Waals surface area (Å²) in [6.45, 7) is 2.50. The van der Waals surface area contributed by atoms with Crippen molar-refractivity contribution in [1.82, 2.24) is 4.90 Å². The molecule has 2 aliphatic rings. The molecule has 0 radical (unpaired) electrons. The Bertz CT molecular complexity index is 565. The van der Waals surface area contributed by atoms with Crippen molar-refractivity contribution in [3.63, 3.8) is 0 Å². The summed E-state index contributed by atoms with van der Waals surface area (Å²) in [4.78, 5) is 27.8. The molecule has 0 atom stereocenters. The summed E-state index contributed by atoms with van der Waals surface area (Å²) >= 11 is 0. The van der Waals surface area contributed by atoms with Crippen molar-refractivity contribution in [1.29, 1.82) is 0 Å². The molecular formula is C18H24N2O3. The van der Waals surface area contributed by atoms with Gasteiger partial charge in [-0.15, -0.1) is 0 Å². The third-order valence-corrected chi connectivity index (χ3v) is 4.52. The van der Waals surface area contributed by atoms with Gasteiger partial charge in [-0.1, -0.05) is 18.9 Å². The van der Waals surface area contributed by atoms with Gasteiger partial charge in [-0.05, 0) is 31.4 Å². The van der Waals surface area contributed by atoms with Crippen LogP contribution in [-0.4, -0.2) is 43.0 Å². The lowest BCUT2D eigenvalue weighted by atomic mass is 10.2. The normalized spacial score (nSPS) is 18.9. The van der Waals surface area contributed by atoms with Crippen LogP contribution < -0.4 is 9.64 Å². The largest absolute Gasteiger partial charge is 0.484 e. The molecule has 1 aromatic carbocycles. The summed E-state index contributed by atoms with van der Waals surface area (Å²) in [6, 6.07) is 7.46. The molecule has 2 fully saturated rings. The maximum atomic E-state index is 12.3. The van der Waals surface area contributed by atoms with Crippen LogP contribution >= 0.6 is 0 Å². The molecule has 3 rings (SSSR count). The lowest BCUT2D eigenvalue weighted by molar-refractivity contribution is -0.133. The Labute approximate surface area is 137 Å². The second-order valence-electron chi connectivity index (χ2n) is 6.23. The highest BCUT2D eigenvalue weighted by Crippen LogP contribution is 2.25. The Morgan fingerprint density at radius 3 is 2.52 bits per heavy atom. The predicted molar refractivity (Wildman–Crippen MR) is 88.6 cm³/mol. The lowest BCUT2D eigenvalue weighted by Crippen LogP contribution is -2.35. The van der Waals surface area contributed by atoms with E-state index in [-0.39, 0.29) is 18.4 Å². The van der Waals surface area contributed by atoms with Crippen LogP contribution in [0, 0.1) is 0 Å². The fraction of sp³-hybridized carbons (Fsp3) is 0.556. The highest BCUT2D eigenvalue weighted by Gasteiger charge is 2.22. The van der Waals surface area contributed by atoms with E-state index in [1.807, 2.05) is 29.2 Å². The number of hydrogen-bond acceptors (Lipinski definition) is 3. The molecule has 5 nitrogen and oxygen atoms in total. The number of hydrogen-bond donors (Lipinski definition) is 0. The highest BCUT2D eigenvalue weighted by molar-refractivity contribution is 5.95. The SMILES string of the molecule is O=C(COc1cccc(N2CCCC2=O)c1)N1CCCCCC1.